The zero-order valence-corrected chi connectivity index (χ0v) is 11.1. The van der Waals surface area contributed by atoms with Crippen molar-refractivity contribution >= 4 is 23.3 Å². The van der Waals surface area contributed by atoms with E-state index < -0.39 is 18.1 Å². The van der Waals surface area contributed by atoms with Crippen molar-refractivity contribution in [3.8, 4) is 0 Å². The molecule has 0 unspecified atom stereocenters. The largest absolute Gasteiger partial charge is 0.457 e. The smallest absolute Gasteiger partial charge is 0.178 e. The van der Waals surface area contributed by atoms with E-state index in [-0.39, 0.29) is 0 Å². The standard InChI is InChI=1S/C10H18OSi2/c1-4-13(2,3)11-12-10-8-6-5-7-9-10/h5-9H,4,12H2,1-3H3. The van der Waals surface area contributed by atoms with Gasteiger partial charge < -0.3 is 4.12 Å². The third kappa shape index (κ3) is 3.89. The maximum atomic E-state index is 6.04. The molecule has 72 valence electrons. The van der Waals surface area contributed by atoms with Crippen molar-refractivity contribution in [3.05, 3.63) is 30.3 Å². The first kappa shape index (κ1) is 10.7. The fourth-order valence-electron chi connectivity index (χ4n) is 0.955. The quantitative estimate of drug-likeness (QED) is 0.687. The van der Waals surface area contributed by atoms with Crippen LogP contribution in [-0.4, -0.2) is 18.1 Å². The molecule has 0 atom stereocenters. The van der Waals surface area contributed by atoms with Gasteiger partial charge in [-0.05, 0) is 24.3 Å². The van der Waals surface area contributed by atoms with Gasteiger partial charge in [0.05, 0.1) is 0 Å². The molecular formula is C10H18OSi2. The summed E-state index contributed by atoms with van der Waals surface area (Å²) in [7, 11) is -1.76. The maximum absolute atomic E-state index is 6.04. The molecule has 0 aromatic heterocycles. The molecule has 0 bridgehead atoms. The summed E-state index contributed by atoms with van der Waals surface area (Å²) in [6, 6.07) is 11.8. The molecule has 1 aromatic rings. The predicted octanol–water partition coefficient (Wildman–Crippen LogP) is 1.64. The SMILES string of the molecule is CC[Si](C)(C)O[SiH2]c1ccccc1. The number of hydrogen-bond acceptors (Lipinski definition) is 1. The Bertz CT molecular complexity index is 246. The second-order valence-electron chi connectivity index (χ2n) is 3.89. The van der Waals surface area contributed by atoms with Crippen LogP contribution in [0.1, 0.15) is 6.92 Å². The average molecular weight is 210 g/mol. The van der Waals surface area contributed by atoms with Gasteiger partial charge >= 0.3 is 0 Å². The summed E-state index contributed by atoms with van der Waals surface area (Å²) in [4.78, 5) is 0. The van der Waals surface area contributed by atoms with E-state index in [9.17, 15) is 0 Å². The van der Waals surface area contributed by atoms with Gasteiger partial charge in [0, 0.05) is 0 Å². The lowest BCUT2D eigenvalue weighted by Crippen LogP contribution is -2.34. The van der Waals surface area contributed by atoms with Gasteiger partial charge in [0.15, 0.2) is 18.1 Å². The van der Waals surface area contributed by atoms with Crippen molar-refractivity contribution in [2.75, 3.05) is 0 Å². The first-order valence-corrected chi connectivity index (χ1v) is 9.22. The predicted molar refractivity (Wildman–Crippen MR) is 63.7 cm³/mol. The van der Waals surface area contributed by atoms with E-state index in [0.29, 0.717) is 0 Å². The highest BCUT2D eigenvalue weighted by atomic mass is 28.4. The molecule has 0 radical (unpaired) electrons. The van der Waals surface area contributed by atoms with Crippen molar-refractivity contribution in [3.63, 3.8) is 0 Å². The second-order valence-corrected chi connectivity index (χ2v) is 10.4. The summed E-state index contributed by atoms with van der Waals surface area (Å²) in [6.07, 6.45) is 0. The van der Waals surface area contributed by atoms with Gasteiger partial charge in [-0.25, -0.2) is 0 Å². The summed E-state index contributed by atoms with van der Waals surface area (Å²) in [5.41, 5.74) is 0. The van der Waals surface area contributed by atoms with Crippen LogP contribution in [-0.2, 0) is 4.12 Å². The molecular weight excluding hydrogens is 192 g/mol. The van der Waals surface area contributed by atoms with Gasteiger partial charge in [-0.3, -0.25) is 0 Å². The Morgan fingerprint density at radius 2 is 1.85 bits per heavy atom. The normalized spacial score (nSPS) is 12.5. The fourth-order valence-corrected chi connectivity index (χ4v) is 4.47. The van der Waals surface area contributed by atoms with E-state index in [1.807, 2.05) is 0 Å². The lowest BCUT2D eigenvalue weighted by atomic mass is 10.4. The molecule has 0 amide bonds. The highest BCUT2D eigenvalue weighted by Gasteiger charge is 2.18. The number of rotatable bonds is 4. The van der Waals surface area contributed by atoms with Crippen LogP contribution >= 0.6 is 0 Å². The monoisotopic (exact) mass is 210 g/mol. The highest BCUT2D eigenvalue weighted by molar-refractivity contribution is 6.76. The molecule has 0 saturated carbocycles. The third-order valence-corrected chi connectivity index (χ3v) is 8.53. The minimum atomic E-state index is -1.30. The molecule has 0 aliphatic heterocycles. The third-order valence-electron chi connectivity index (χ3n) is 2.32. The fraction of sp³-hybridized carbons (Fsp3) is 0.400. The summed E-state index contributed by atoms with van der Waals surface area (Å²) < 4.78 is 6.04. The van der Waals surface area contributed by atoms with E-state index in [0.717, 1.165) is 0 Å². The van der Waals surface area contributed by atoms with Crippen molar-refractivity contribution in [1.82, 2.24) is 0 Å². The molecule has 0 aliphatic carbocycles. The minimum absolute atomic E-state index is 0.465. The van der Waals surface area contributed by atoms with E-state index in [4.69, 9.17) is 4.12 Å². The topological polar surface area (TPSA) is 9.23 Å². The van der Waals surface area contributed by atoms with Crippen molar-refractivity contribution in [1.29, 1.82) is 0 Å². The van der Waals surface area contributed by atoms with Gasteiger partial charge in [-0.2, -0.15) is 0 Å². The van der Waals surface area contributed by atoms with Crippen molar-refractivity contribution in [2.45, 2.75) is 26.1 Å². The van der Waals surface area contributed by atoms with E-state index in [1.165, 1.54) is 11.2 Å². The first-order chi connectivity index (χ1) is 6.14. The molecule has 0 fully saturated rings. The van der Waals surface area contributed by atoms with E-state index in [1.54, 1.807) is 0 Å². The second kappa shape index (κ2) is 4.74. The minimum Gasteiger partial charge on any atom is -0.457 e. The van der Waals surface area contributed by atoms with Crippen molar-refractivity contribution < 1.29 is 4.12 Å². The Hall–Kier alpha value is -0.386. The number of benzene rings is 1. The van der Waals surface area contributed by atoms with Gasteiger partial charge in [-0.15, -0.1) is 0 Å². The molecule has 13 heavy (non-hydrogen) atoms. The van der Waals surface area contributed by atoms with Gasteiger partial charge in [0.25, 0.3) is 0 Å². The van der Waals surface area contributed by atoms with Crippen LogP contribution in [0, 0.1) is 0 Å². The molecule has 1 nitrogen and oxygen atoms in total. The molecule has 0 spiro atoms. The Labute approximate surface area is 84.2 Å². The summed E-state index contributed by atoms with van der Waals surface area (Å²) in [5, 5.41) is 1.41. The lowest BCUT2D eigenvalue weighted by molar-refractivity contribution is 0.598. The van der Waals surface area contributed by atoms with Crippen LogP contribution in [0.15, 0.2) is 30.3 Å². The Morgan fingerprint density at radius 1 is 1.23 bits per heavy atom. The summed E-state index contributed by atoms with van der Waals surface area (Å²) >= 11 is 0. The average Bonchev–Trinajstić information content (AvgIpc) is 2.17. The Balaban J connectivity index is 2.44. The van der Waals surface area contributed by atoms with E-state index >= 15 is 0 Å². The first-order valence-electron chi connectivity index (χ1n) is 4.82. The summed E-state index contributed by atoms with van der Waals surface area (Å²) in [6.45, 7) is 6.82. The van der Waals surface area contributed by atoms with Crippen molar-refractivity contribution in [2.24, 2.45) is 0 Å². The Morgan fingerprint density at radius 3 is 2.38 bits per heavy atom. The van der Waals surface area contributed by atoms with Crippen LogP contribution in [0.5, 0.6) is 0 Å². The molecule has 0 heterocycles. The van der Waals surface area contributed by atoms with Crippen LogP contribution in [0.2, 0.25) is 19.1 Å². The van der Waals surface area contributed by atoms with Crippen LogP contribution in [0.4, 0.5) is 0 Å². The molecule has 0 aliphatic rings. The molecule has 1 aromatic carbocycles. The highest BCUT2D eigenvalue weighted by Crippen LogP contribution is 2.08. The van der Waals surface area contributed by atoms with Crippen LogP contribution < -0.4 is 5.19 Å². The zero-order valence-electron chi connectivity index (χ0n) is 8.71. The van der Waals surface area contributed by atoms with Crippen LogP contribution in [0.3, 0.4) is 0 Å². The van der Waals surface area contributed by atoms with Crippen LogP contribution in [0.25, 0.3) is 0 Å². The van der Waals surface area contributed by atoms with Gasteiger partial charge in [-0.1, -0.05) is 37.3 Å². The molecule has 3 heteroatoms. The lowest BCUT2D eigenvalue weighted by Gasteiger charge is -2.21. The summed E-state index contributed by atoms with van der Waals surface area (Å²) in [5.74, 6) is 0. The van der Waals surface area contributed by atoms with Gasteiger partial charge in [0.1, 0.15) is 0 Å². The Kier molecular flexibility index (Phi) is 3.90. The molecule has 0 saturated heterocycles. The zero-order chi connectivity index (χ0) is 9.73. The maximum Gasteiger partial charge on any atom is 0.178 e. The number of hydrogen-bond donors (Lipinski definition) is 0. The molecule has 0 N–H and O–H groups in total. The van der Waals surface area contributed by atoms with E-state index in [2.05, 4.69) is 50.3 Å². The molecule has 1 rings (SSSR count). The van der Waals surface area contributed by atoms with Gasteiger partial charge in [0.2, 0.25) is 0 Å².